The van der Waals surface area contributed by atoms with E-state index in [0.29, 0.717) is 17.7 Å². The normalized spacial score (nSPS) is 25.9. The first-order chi connectivity index (χ1) is 13.6. The topological polar surface area (TPSA) is 54.5 Å². The van der Waals surface area contributed by atoms with E-state index in [-0.39, 0.29) is 23.3 Å². The van der Waals surface area contributed by atoms with Gasteiger partial charge in [-0.05, 0) is 18.5 Å². The van der Waals surface area contributed by atoms with Gasteiger partial charge in [-0.15, -0.1) is 11.3 Å². The number of thiophene rings is 1. The van der Waals surface area contributed by atoms with Gasteiger partial charge in [-0.2, -0.15) is 0 Å². The van der Waals surface area contributed by atoms with Gasteiger partial charge >= 0.3 is 0 Å². The van der Waals surface area contributed by atoms with Crippen molar-refractivity contribution in [1.29, 1.82) is 0 Å². The fourth-order valence-corrected chi connectivity index (χ4v) is 6.04. The van der Waals surface area contributed by atoms with Gasteiger partial charge < -0.3 is 0 Å². The molecule has 1 spiro atoms. The molecule has 0 unspecified atom stereocenters. The van der Waals surface area contributed by atoms with Crippen LogP contribution in [0.4, 0.5) is 0 Å². The SMILES string of the molecule is CN1C[C@@H](C(=O)C2C=CC=C2)[C@H](c2cccs2)C12C(=O)c1ccccc1C2=O. The molecule has 0 radical (unpaired) electrons. The molecule has 2 atom stereocenters. The molecule has 140 valence electrons. The lowest BCUT2D eigenvalue weighted by molar-refractivity contribution is -0.124. The van der Waals surface area contributed by atoms with Gasteiger partial charge in [0, 0.05) is 34.4 Å². The molecule has 2 aliphatic carbocycles. The fourth-order valence-electron chi connectivity index (χ4n) is 5.09. The summed E-state index contributed by atoms with van der Waals surface area (Å²) in [5, 5.41) is 1.94. The zero-order valence-corrected chi connectivity index (χ0v) is 16.2. The minimum atomic E-state index is -1.33. The maximum Gasteiger partial charge on any atom is 0.192 e. The van der Waals surface area contributed by atoms with Crippen molar-refractivity contribution in [2.75, 3.05) is 13.6 Å². The van der Waals surface area contributed by atoms with Crippen LogP contribution in [-0.4, -0.2) is 41.4 Å². The highest BCUT2D eigenvalue weighted by Crippen LogP contribution is 2.53. The van der Waals surface area contributed by atoms with Gasteiger partial charge in [0.25, 0.3) is 0 Å². The second kappa shape index (κ2) is 6.19. The molecule has 3 aliphatic rings. The molecular weight excluding hydrogens is 370 g/mol. The molecule has 1 saturated heterocycles. The van der Waals surface area contributed by atoms with Gasteiger partial charge in [0.15, 0.2) is 17.1 Å². The Morgan fingerprint density at radius 1 is 1.04 bits per heavy atom. The fraction of sp³-hybridized carbons (Fsp3) is 0.261. The van der Waals surface area contributed by atoms with Gasteiger partial charge in [-0.3, -0.25) is 19.3 Å². The third-order valence-corrected chi connectivity index (χ3v) is 7.28. The molecule has 2 heterocycles. The predicted molar refractivity (Wildman–Crippen MR) is 108 cm³/mol. The largest absolute Gasteiger partial charge is 0.298 e. The van der Waals surface area contributed by atoms with E-state index in [1.165, 1.54) is 11.3 Å². The molecule has 4 nitrogen and oxygen atoms in total. The summed E-state index contributed by atoms with van der Waals surface area (Å²) in [4.78, 5) is 43.4. The predicted octanol–water partition coefficient (Wildman–Crippen LogP) is 3.52. The van der Waals surface area contributed by atoms with Crippen molar-refractivity contribution >= 4 is 28.7 Å². The van der Waals surface area contributed by atoms with Gasteiger partial charge in [0.05, 0.1) is 5.92 Å². The number of nitrogens with zero attached hydrogens (tertiary/aromatic N) is 1. The number of hydrogen-bond acceptors (Lipinski definition) is 5. The Hall–Kier alpha value is -2.63. The number of carbonyl (C=O) groups is 3. The third kappa shape index (κ3) is 2.11. The first-order valence-corrected chi connectivity index (χ1v) is 10.3. The average Bonchev–Trinajstić information content (AvgIpc) is 3.48. The number of carbonyl (C=O) groups excluding carboxylic acids is 3. The van der Waals surface area contributed by atoms with E-state index in [4.69, 9.17) is 0 Å². The van der Waals surface area contributed by atoms with Crippen LogP contribution in [0.25, 0.3) is 0 Å². The molecule has 1 aromatic heterocycles. The molecular formula is C23H19NO3S. The smallest absolute Gasteiger partial charge is 0.192 e. The number of ketones is 3. The lowest BCUT2D eigenvalue weighted by Crippen LogP contribution is -2.54. The molecule has 5 heteroatoms. The number of likely N-dealkylation sites (N-methyl/N-ethyl adjacent to an activating group) is 1. The van der Waals surface area contributed by atoms with Crippen LogP contribution in [0.3, 0.4) is 0 Å². The molecule has 5 rings (SSSR count). The van der Waals surface area contributed by atoms with E-state index in [1.54, 1.807) is 31.3 Å². The zero-order valence-electron chi connectivity index (χ0n) is 15.4. The van der Waals surface area contributed by atoms with Gasteiger partial charge in [0.2, 0.25) is 0 Å². The Bertz CT molecular complexity index is 1000. The Morgan fingerprint density at radius 3 is 2.25 bits per heavy atom. The van der Waals surface area contributed by atoms with Crippen molar-refractivity contribution < 1.29 is 14.4 Å². The standard InChI is InChI=1S/C23H19NO3S/c1-24-13-17(20(25)14-7-2-3-8-14)19(18-11-6-12-28-18)23(24)21(26)15-9-4-5-10-16(15)22(23)27/h2-12,14,17,19H,13H2,1H3/t17-,19-/m1/s1. The van der Waals surface area contributed by atoms with Crippen LogP contribution in [0.2, 0.25) is 0 Å². The molecule has 1 aliphatic heterocycles. The minimum Gasteiger partial charge on any atom is -0.298 e. The van der Waals surface area contributed by atoms with E-state index in [9.17, 15) is 14.4 Å². The van der Waals surface area contributed by atoms with Crippen molar-refractivity contribution in [2.24, 2.45) is 11.8 Å². The minimum absolute atomic E-state index is 0.0729. The van der Waals surface area contributed by atoms with Crippen LogP contribution in [-0.2, 0) is 4.79 Å². The summed E-state index contributed by atoms with van der Waals surface area (Å²) in [6.07, 6.45) is 7.51. The summed E-state index contributed by atoms with van der Waals surface area (Å²) < 4.78 is 0. The number of likely N-dealkylation sites (tertiary alicyclic amines) is 1. The summed E-state index contributed by atoms with van der Waals surface area (Å²) in [7, 11) is 1.80. The van der Waals surface area contributed by atoms with Crippen LogP contribution in [0, 0.1) is 11.8 Å². The number of hydrogen-bond donors (Lipinski definition) is 0. The second-order valence-electron chi connectivity index (χ2n) is 7.65. The Kier molecular flexibility index (Phi) is 3.86. The lowest BCUT2D eigenvalue weighted by Gasteiger charge is -2.34. The van der Waals surface area contributed by atoms with Crippen molar-refractivity contribution in [2.45, 2.75) is 11.5 Å². The van der Waals surface area contributed by atoms with Crippen LogP contribution in [0.5, 0.6) is 0 Å². The van der Waals surface area contributed by atoms with Crippen molar-refractivity contribution in [3.8, 4) is 0 Å². The third-order valence-electron chi connectivity index (χ3n) is 6.33. The molecule has 0 amide bonds. The van der Waals surface area contributed by atoms with Crippen LogP contribution in [0.15, 0.2) is 66.1 Å². The number of Topliss-reactive ketones (excluding diaryl/α,β-unsaturated/α-hetero) is 3. The van der Waals surface area contributed by atoms with Crippen molar-refractivity contribution in [3.05, 3.63) is 82.1 Å². The number of rotatable bonds is 3. The molecule has 2 aromatic rings. The average molecular weight is 389 g/mol. The van der Waals surface area contributed by atoms with E-state index in [1.807, 2.05) is 46.7 Å². The Morgan fingerprint density at radius 2 is 1.68 bits per heavy atom. The monoisotopic (exact) mass is 389 g/mol. The number of allylic oxidation sites excluding steroid dienone is 4. The van der Waals surface area contributed by atoms with E-state index >= 15 is 0 Å². The van der Waals surface area contributed by atoms with E-state index in [0.717, 1.165) is 4.88 Å². The lowest BCUT2D eigenvalue weighted by atomic mass is 9.72. The Labute approximate surface area is 167 Å². The molecule has 28 heavy (non-hydrogen) atoms. The highest BCUT2D eigenvalue weighted by Gasteiger charge is 2.67. The summed E-state index contributed by atoms with van der Waals surface area (Å²) in [5.41, 5.74) is -0.398. The summed E-state index contributed by atoms with van der Waals surface area (Å²) in [6, 6.07) is 10.9. The highest BCUT2D eigenvalue weighted by molar-refractivity contribution is 7.10. The summed E-state index contributed by atoms with van der Waals surface area (Å²) in [6.45, 7) is 0.394. The van der Waals surface area contributed by atoms with Crippen LogP contribution >= 0.6 is 11.3 Å². The molecule has 0 N–H and O–H groups in total. The first kappa shape index (κ1) is 17.5. The Balaban J connectivity index is 1.68. The van der Waals surface area contributed by atoms with Crippen molar-refractivity contribution in [3.63, 3.8) is 0 Å². The van der Waals surface area contributed by atoms with Crippen molar-refractivity contribution in [1.82, 2.24) is 4.90 Å². The maximum atomic E-state index is 13.6. The van der Waals surface area contributed by atoms with E-state index < -0.39 is 17.4 Å². The van der Waals surface area contributed by atoms with Gasteiger partial charge in [-0.1, -0.05) is 54.6 Å². The number of fused-ring (bicyclic) bond motifs is 1. The van der Waals surface area contributed by atoms with E-state index in [2.05, 4.69) is 0 Å². The summed E-state index contributed by atoms with van der Waals surface area (Å²) in [5.74, 6) is -1.46. The molecule has 1 fully saturated rings. The zero-order chi connectivity index (χ0) is 19.5. The second-order valence-corrected chi connectivity index (χ2v) is 8.63. The first-order valence-electron chi connectivity index (χ1n) is 9.38. The highest BCUT2D eigenvalue weighted by atomic mass is 32.1. The maximum absolute atomic E-state index is 13.6. The molecule has 0 bridgehead atoms. The molecule has 0 saturated carbocycles. The number of benzene rings is 1. The van der Waals surface area contributed by atoms with Crippen LogP contribution in [0.1, 0.15) is 31.5 Å². The van der Waals surface area contributed by atoms with Gasteiger partial charge in [0.1, 0.15) is 5.78 Å². The van der Waals surface area contributed by atoms with Gasteiger partial charge in [-0.25, -0.2) is 0 Å². The van der Waals surface area contributed by atoms with Crippen LogP contribution < -0.4 is 0 Å². The molecule has 1 aromatic carbocycles. The summed E-state index contributed by atoms with van der Waals surface area (Å²) >= 11 is 1.51. The quantitative estimate of drug-likeness (QED) is 0.754.